The molecule has 27 heavy (non-hydrogen) atoms. The molecule has 0 saturated carbocycles. The molecule has 0 bridgehead atoms. The summed E-state index contributed by atoms with van der Waals surface area (Å²) in [5, 5.41) is 37.5. The van der Waals surface area contributed by atoms with Crippen molar-refractivity contribution >= 4 is 11.9 Å². The maximum absolute atomic E-state index is 11.2. The zero-order valence-electron chi connectivity index (χ0n) is 14.9. The summed E-state index contributed by atoms with van der Waals surface area (Å²) < 4.78 is 8.23. The number of ether oxygens (including phenoxy) is 1. The Kier molecular flexibility index (Phi) is 4.83. The SMILES string of the molecule is CCOc1cc(/C=N/n2cnnc2-n2nc(C)cc2C)cc([N+](=O)[O-])c1O. The van der Waals surface area contributed by atoms with Crippen LogP contribution in [0.2, 0.25) is 0 Å². The molecule has 0 amide bonds. The number of phenols is 1. The van der Waals surface area contributed by atoms with Gasteiger partial charge in [0.15, 0.2) is 5.75 Å². The molecule has 3 aromatic rings. The van der Waals surface area contributed by atoms with Crippen molar-refractivity contribution in [3.8, 4) is 17.4 Å². The van der Waals surface area contributed by atoms with E-state index >= 15 is 0 Å². The number of nitro benzene ring substituents is 1. The highest BCUT2D eigenvalue weighted by Gasteiger charge is 2.20. The summed E-state index contributed by atoms with van der Waals surface area (Å²) in [6, 6.07) is 4.55. The summed E-state index contributed by atoms with van der Waals surface area (Å²) in [6.45, 7) is 5.70. The number of aromatic nitrogens is 5. The first-order valence-corrected chi connectivity index (χ1v) is 8.03. The van der Waals surface area contributed by atoms with Gasteiger partial charge in [-0.2, -0.15) is 14.9 Å². The van der Waals surface area contributed by atoms with Crippen LogP contribution in [0.5, 0.6) is 11.5 Å². The van der Waals surface area contributed by atoms with Crippen LogP contribution in [0.25, 0.3) is 5.95 Å². The van der Waals surface area contributed by atoms with Gasteiger partial charge < -0.3 is 9.84 Å². The maximum Gasteiger partial charge on any atom is 0.315 e. The molecule has 2 heterocycles. The van der Waals surface area contributed by atoms with Crippen LogP contribution in [-0.2, 0) is 0 Å². The Morgan fingerprint density at radius 3 is 2.78 bits per heavy atom. The standard InChI is InChI=1S/C16H17N7O4/c1-4-27-14-7-12(6-13(15(14)24)23(25)26)8-18-21-9-17-19-16(21)22-11(3)5-10(2)20-22/h5-9,24H,4H2,1-3H3/b18-8+. The van der Waals surface area contributed by atoms with E-state index in [0.717, 1.165) is 11.4 Å². The highest BCUT2D eigenvalue weighted by molar-refractivity contribution is 5.83. The van der Waals surface area contributed by atoms with E-state index in [9.17, 15) is 15.2 Å². The average molecular weight is 371 g/mol. The fourth-order valence-electron chi connectivity index (χ4n) is 2.50. The van der Waals surface area contributed by atoms with Gasteiger partial charge in [-0.1, -0.05) is 0 Å². The summed E-state index contributed by atoms with van der Waals surface area (Å²) >= 11 is 0. The molecule has 0 fully saturated rings. The van der Waals surface area contributed by atoms with Gasteiger partial charge in [-0.15, -0.1) is 10.2 Å². The number of hydrogen-bond donors (Lipinski definition) is 1. The Bertz CT molecular complexity index is 1020. The van der Waals surface area contributed by atoms with Gasteiger partial charge in [0, 0.05) is 17.3 Å². The van der Waals surface area contributed by atoms with Gasteiger partial charge in [0.25, 0.3) is 5.95 Å². The topological polar surface area (TPSA) is 133 Å². The van der Waals surface area contributed by atoms with Crippen LogP contribution in [0.1, 0.15) is 23.9 Å². The molecule has 2 aromatic heterocycles. The summed E-state index contributed by atoms with van der Waals surface area (Å²) in [5.41, 5.74) is 1.58. The van der Waals surface area contributed by atoms with Crippen molar-refractivity contribution < 1.29 is 14.8 Å². The van der Waals surface area contributed by atoms with E-state index in [0.29, 0.717) is 11.5 Å². The predicted octanol–water partition coefficient (Wildman–Crippen LogP) is 1.98. The zero-order chi connectivity index (χ0) is 19.6. The molecule has 0 aliphatic carbocycles. The first kappa shape index (κ1) is 18.0. The van der Waals surface area contributed by atoms with Gasteiger partial charge in [-0.25, -0.2) is 4.68 Å². The quantitative estimate of drug-likeness (QED) is 0.398. The van der Waals surface area contributed by atoms with Gasteiger partial charge in [0.05, 0.1) is 23.4 Å². The minimum absolute atomic E-state index is 0.00988. The third-order valence-electron chi connectivity index (χ3n) is 3.62. The van der Waals surface area contributed by atoms with E-state index in [1.54, 1.807) is 11.6 Å². The molecule has 11 nitrogen and oxygen atoms in total. The lowest BCUT2D eigenvalue weighted by atomic mass is 10.2. The summed E-state index contributed by atoms with van der Waals surface area (Å²) in [4.78, 5) is 10.5. The van der Waals surface area contributed by atoms with E-state index in [2.05, 4.69) is 20.4 Å². The first-order valence-electron chi connectivity index (χ1n) is 8.03. The van der Waals surface area contributed by atoms with Crippen LogP contribution in [0.4, 0.5) is 5.69 Å². The van der Waals surface area contributed by atoms with Crippen molar-refractivity contribution in [3.63, 3.8) is 0 Å². The van der Waals surface area contributed by atoms with Crippen molar-refractivity contribution in [1.29, 1.82) is 0 Å². The largest absolute Gasteiger partial charge is 0.500 e. The van der Waals surface area contributed by atoms with Crippen LogP contribution in [0, 0.1) is 24.0 Å². The molecule has 140 valence electrons. The third-order valence-corrected chi connectivity index (χ3v) is 3.62. The number of phenolic OH excluding ortho intramolecular Hbond substituents is 1. The van der Waals surface area contributed by atoms with Crippen LogP contribution in [0.15, 0.2) is 29.6 Å². The van der Waals surface area contributed by atoms with Crippen LogP contribution in [-0.4, -0.2) is 47.5 Å². The molecule has 3 rings (SSSR count). The maximum atomic E-state index is 11.2. The summed E-state index contributed by atoms with van der Waals surface area (Å²) in [6.07, 6.45) is 2.77. The monoisotopic (exact) mass is 371 g/mol. The minimum Gasteiger partial charge on any atom is -0.500 e. The van der Waals surface area contributed by atoms with Gasteiger partial charge in [-0.05, 0) is 32.9 Å². The average Bonchev–Trinajstić information content (AvgIpc) is 3.20. The molecule has 0 saturated heterocycles. The Morgan fingerprint density at radius 2 is 2.15 bits per heavy atom. The fraction of sp³-hybridized carbons (Fsp3) is 0.250. The molecule has 0 aliphatic rings. The van der Waals surface area contributed by atoms with E-state index in [1.807, 2.05) is 19.9 Å². The van der Waals surface area contributed by atoms with Crippen molar-refractivity contribution in [1.82, 2.24) is 24.7 Å². The second-order valence-corrected chi connectivity index (χ2v) is 5.64. The number of hydrogen-bond acceptors (Lipinski definition) is 8. The number of nitro groups is 1. The smallest absolute Gasteiger partial charge is 0.315 e. The van der Waals surface area contributed by atoms with Crippen molar-refractivity contribution in [3.05, 3.63) is 51.6 Å². The minimum atomic E-state index is -0.685. The molecule has 0 atom stereocenters. The Balaban J connectivity index is 1.99. The van der Waals surface area contributed by atoms with Gasteiger partial charge >= 0.3 is 5.69 Å². The Hall–Kier alpha value is -3.76. The van der Waals surface area contributed by atoms with E-state index in [-0.39, 0.29) is 12.4 Å². The molecule has 0 radical (unpaired) electrons. The number of benzene rings is 1. The molecule has 0 spiro atoms. The number of aryl methyl sites for hydroxylation is 2. The van der Waals surface area contributed by atoms with E-state index < -0.39 is 16.4 Å². The number of rotatable bonds is 6. The van der Waals surface area contributed by atoms with Gasteiger partial charge in [0.2, 0.25) is 5.75 Å². The lowest BCUT2D eigenvalue weighted by Gasteiger charge is -2.07. The van der Waals surface area contributed by atoms with Crippen molar-refractivity contribution in [2.45, 2.75) is 20.8 Å². The zero-order valence-corrected chi connectivity index (χ0v) is 14.9. The first-order chi connectivity index (χ1) is 12.9. The predicted molar refractivity (Wildman–Crippen MR) is 95.5 cm³/mol. The van der Waals surface area contributed by atoms with Crippen molar-refractivity contribution in [2.75, 3.05) is 6.61 Å². The lowest BCUT2D eigenvalue weighted by molar-refractivity contribution is -0.386. The van der Waals surface area contributed by atoms with Gasteiger partial charge in [-0.3, -0.25) is 10.1 Å². The lowest BCUT2D eigenvalue weighted by Crippen LogP contribution is -2.06. The Labute approximate surface area is 153 Å². The second kappa shape index (κ2) is 7.23. The third kappa shape index (κ3) is 3.61. The van der Waals surface area contributed by atoms with Crippen LogP contribution < -0.4 is 4.74 Å². The molecular weight excluding hydrogens is 354 g/mol. The van der Waals surface area contributed by atoms with Crippen molar-refractivity contribution in [2.24, 2.45) is 5.10 Å². The number of aromatic hydroxyl groups is 1. The number of nitrogens with zero attached hydrogens (tertiary/aromatic N) is 7. The highest BCUT2D eigenvalue weighted by Crippen LogP contribution is 2.36. The molecular formula is C16H17N7O4. The molecule has 11 heteroatoms. The summed E-state index contributed by atoms with van der Waals surface area (Å²) in [7, 11) is 0. The molecule has 1 N–H and O–H groups in total. The molecule has 1 aromatic carbocycles. The normalized spacial score (nSPS) is 11.2. The highest BCUT2D eigenvalue weighted by atomic mass is 16.6. The van der Waals surface area contributed by atoms with Crippen LogP contribution in [0.3, 0.4) is 0 Å². The van der Waals surface area contributed by atoms with Crippen LogP contribution >= 0.6 is 0 Å². The second-order valence-electron chi connectivity index (χ2n) is 5.64. The molecule has 0 aliphatic heterocycles. The van der Waals surface area contributed by atoms with E-state index in [1.165, 1.54) is 29.4 Å². The fourth-order valence-corrected chi connectivity index (χ4v) is 2.50. The van der Waals surface area contributed by atoms with Gasteiger partial charge in [0.1, 0.15) is 6.33 Å². The molecule has 0 unspecified atom stereocenters. The Morgan fingerprint density at radius 1 is 1.37 bits per heavy atom. The van der Waals surface area contributed by atoms with E-state index in [4.69, 9.17) is 4.74 Å². The summed E-state index contributed by atoms with van der Waals surface area (Å²) in [5.74, 6) is -0.141.